The minimum absolute atomic E-state index is 0.0795. The summed E-state index contributed by atoms with van der Waals surface area (Å²) in [7, 11) is -3.63. The zero-order valence-corrected chi connectivity index (χ0v) is 22.5. The van der Waals surface area contributed by atoms with Gasteiger partial charge in [0.15, 0.2) is 5.13 Å². The van der Waals surface area contributed by atoms with Crippen LogP contribution in [-0.4, -0.2) is 80.0 Å². The number of ether oxygens (including phenoxy) is 1. The Kier molecular flexibility index (Phi) is 7.04. The van der Waals surface area contributed by atoms with Gasteiger partial charge in [-0.25, -0.2) is 13.4 Å². The highest BCUT2D eigenvalue weighted by molar-refractivity contribution is 7.89. The fourth-order valence-corrected chi connectivity index (χ4v) is 7.51. The van der Waals surface area contributed by atoms with Gasteiger partial charge in [0.25, 0.3) is 5.91 Å². The smallest absolute Gasteiger partial charge is 0.253 e. The number of amides is 1. The lowest BCUT2D eigenvalue weighted by atomic mass is 10.2. The molecule has 10 heteroatoms. The Morgan fingerprint density at radius 1 is 1.03 bits per heavy atom. The van der Waals surface area contributed by atoms with E-state index in [9.17, 15) is 13.2 Å². The summed E-state index contributed by atoms with van der Waals surface area (Å²) >= 11 is 1.70. The van der Waals surface area contributed by atoms with Gasteiger partial charge in [0.1, 0.15) is 0 Å². The van der Waals surface area contributed by atoms with E-state index in [0.717, 1.165) is 17.1 Å². The van der Waals surface area contributed by atoms with E-state index in [2.05, 4.69) is 30.0 Å². The molecule has 2 unspecified atom stereocenters. The molecule has 0 bridgehead atoms. The number of morpholine rings is 1. The third-order valence-corrected chi connectivity index (χ3v) is 9.74. The number of rotatable bonds is 5. The molecule has 1 aromatic heterocycles. The summed E-state index contributed by atoms with van der Waals surface area (Å²) in [5.41, 5.74) is 2.82. The van der Waals surface area contributed by atoms with E-state index >= 15 is 0 Å². The molecule has 2 aliphatic heterocycles. The maximum absolute atomic E-state index is 13.1. The lowest BCUT2D eigenvalue weighted by Crippen LogP contribution is -2.48. The number of hydrogen-bond acceptors (Lipinski definition) is 7. The Balaban J connectivity index is 1.22. The molecular weight excluding hydrogens is 496 g/mol. The molecule has 0 saturated carbocycles. The van der Waals surface area contributed by atoms with Crippen molar-refractivity contribution >= 4 is 42.6 Å². The normalized spacial score (nSPS) is 21.8. The maximum atomic E-state index is 13.1. The number of sulfonamides is 1. The summed E-state index contributed by atoms with van der Waals surface area (Å²) in [6, 6.07) is 12.7. The lowest BCUT2D eigenvalue weighted by Gasteiger charge is -2.35. The zero-order chi connectivity index (χ0) is 25.4. The predicted octanol–water partition coefficient (Wildman–Crippen LogP) is 3.62. The first-order valence-corrected chi connectivity index (χ1v) is 14.7. The van der Waals surface area contributed by atoms with Gasteiger partial charge >= 0.3 is 0 Å². The van der Waals surface area contributed by atoms with E-state index in [4.69, 9.17) is 9.72 Å². The molecule has 5 rings (SSSR count). The van der Waals surface area contributed by atoms with Crippen LogP contribution in [0.25, 0.3) is 10.2 Å². The molecule has 0 aliphatic carbocycles. The molecule has 8 nitrogen and oxygen atoms in total. The van der Waals surface area contributed by atoms with Crippen LogP contribution in [0, 0.1) is 0 Å². The molecule has 0 radical (unpaired) electrons. The second-order valence-corrected chi connectivity index (χ2v) is 12.5. The molecule has 2 fully saturated rings. The first-order valence-electron chi connectivity index (χ1n) is 12.4. The Hall–Kier alpha value is -2.53. The van der Waals surface area contributed by atoms with Crippen LogP contribution in [0.5, 0.6) is 0 Å². The first-order chi connectivity index (χ1) is 17.2. The summed E-state index contributed by atoms with van der Waals surface area (Å²) in [5.74, 6) is -0.0795. The van der Waals surface area contributed by atoms with Crippen molar-refractivity contribution in [2.24, 2.45) is 0 Å². The minimum Gasteiger partial charge on any atom is -0.373 e. The molecular formula is C26H32N4O4S2. The average Bonchev–Trinajstić information content (AvgIpc) is 3.31. The summed E-state index contributed by atoms with van der Waals surface area (Å²) in [6.07, 6.45) is 0.696. The third kappa shape index (κ3) is 5.00. The maximum Gasteiger partial charge on any atom is 0.253 e. The van der Waals surface area contributed by atoms with Crippen molar-refractivity contribution in [1.29, 1.82) is 0 Å². The van der Waals surface area contributed by atoms with Gasteiger partial charge in [-0.15, -0.1) is 0 Å². The van der Waals surface area contributed by atoms with Gasteiger partial charge in [0, 0.05) is 44.8 Å². The van der Waals surface area contributed by atoms with E-state index in [1.54, 1.807) is 23.5 Å². The number of fused-ring (bicyclic) bond motifs is 1. The number of anilines is 1. The highest BCUT2D eigenvalue weighted by atomic mass is 32.2. The number of aryl methyl sites for hydroxylation is 1. The van der Waals surface area contributed by atoms with Crippen LogP contribution in [-0.2, 0) is 21.2 Å². The number of thiazole rings is 1. The standard InChI is InChI=1S/C26H32N4O4S2/c1-4-20-5-10-23-24(15-20)35-26(27-23)29-13-11-28(12-14-29)25(31)21-6-8-22(9-7-21)36(32,33)30-16-18(2)34-19(3)17-30/h5-10,15,18-19H,4,11-14,16-17H2,1-3H3. The molecule has 0 N–H and O–H groups in total. The zero-order valence-electron chi connectivity index (χ0n) is 20.9. The van der Waals surface area contributed by atoms with E-state index < -0.39 is 10.0 Å². The molecule has 0 spiro atoms. The second-order valence-electron chi connectivity index (χ2n) is 9.54. The lowest BCUT2D eigenvalue weighted by molar-refractivity contribution is -0.0440. The van der Waals surface area contributed by atoms with Crippen molar-refractivity contribution in [3.63, 3.8) is 0 Å². The first kappa shape index (κ1) is 25.1. The SMILES string of the molecule is CCc1ccc2nc(N3CCN(C(=O)c4ccc(S(=O)(=O)N5CC(C)OC(C)C5)cc4)CC3)sc2c1. The largest absolute Gasteiger partial charge is 0.373 e. The monoisotopic (exact) mass is 528 g/mol. The predicted molar refractivity (Wildman–Crippen MR) is 142 cm³/mol. The van der Waals surface area contributed by atoms with Crippen LogP contribution in [0.1, 0.15) is 36.7 Å². The number of carbonyl (C=O) groups is 1. The van der Waals surface area contributed by atoms with Gasteiger partial charge in [-0.2, -0.15) is 4.31 Å². The van der Waals surface area contributed by atoms with E-state index in [1.807, 2.05) is 18.7 Å². The van der Waals surface area contributed by atoms with Crippen LogP contribution in [0.15, 0.2) is 47.4 Å². The van der Waals surface area contributed by atoms with Crippen molar-refractivity contribution in [2.45, 2.75) is 44.3 Å². The van der Waals surface area contributed by atoms with Gasteiger partial charge in [-0.3, -0.25) is 4.79 Å². The fraction of sp³-hybridized carbons (Fsp3) is 0.462. The van der Waals surface area contributed by atoms with Gasteiger partial charge in [-0.05, 0) is 62.2 Å². The van der Waals surface area contributed by atoms with E-state index in [1.165, 1.54) is 26.7 Å². The van der Waals surface area contributed by atoms with Crippen LogP contribution in [0.2, 0.25) is 0 Å². The van der Waals surface area contributed by atoms with Crippen molar-refractivity contribution < 1.29 is 17.9 Å². The molecule has 2 aliphatic rings. The molecule has 2 atom stereocenters. The Labute approximate surface area is 216 Å². The van der Waals surface area contributed by atoms with Crippen LogP contribution in [0.4, 0.5) is 5.13 Å². The molecule has 2 aromatic carbocycles. The fourth-order valence-electron chi connectivity index (χ4n) is 4.84. The highest BCUT2D eigenvalue weighted by Gasteiger charge is 2.32. The minimum atomic E-state index is -3.63. The topological polar surface area (TPSA) is 83.1 Å². The van der Waals surface area contributed by atoms with Crippen molar-refractivity contribution in [2.75, 3.05) is 44.2 Å². The van der Waals surface area contributed by atoms with E-state index in [-0.39, 0.29) is 23.0 Å². The summed E-state index contributed by atoms with van der Waals surface area (Å²) in [4.78, 5) is 22.2. The van der Waals surface area contributed by atoms with Crippen molar-refractivity contribution in [3.8, 4) is 0 Å². The molecule has 36 heavy (non-hydrogen) atoms. The highest BCUT2D eigenvalue weighted by Crippen LogP contribution is 2.30. The van der Waals surface area contributed by atoms with Crippen LogP contribution >= 0.6 is 11.3 Å². The van der Waals surface area contributed by atoms with Crippen molar-refractivity contribution in [1.82, 2.24) is 14.2 Å². The number of hydrogen-bond donors (Lipinski definition) is 0. The average molecular weight is 529 g/mol. The Morgan fingerprint density at radius 2 is 1.69 bits per heavy atom. The number of carbonyl (C=O) groups excluding carboxylic acids is 1. The summed E-state index contributed by atoms with van der Waals surface area (Å²) in [6.45, 7) is 9.17. The van der Waals surface area contributed by atoms with Gasteiger partial charge in [-0.1, -0.05) is 24.3 Å². The quantitative estimate of drug-likeness (QED) is 0.503. The summed E-state index contributed by atoms with van der Waals surface area (Å²) in [5, 5.41) is 0.992. The van der Waals surface area contributed by atoms with Gasteiger partial charge < -0.3 is 14.5 Å². The second kappa shape index (κ2) is 10.1. The molecule has 3 aromatic rings. The summed E-state index contributed by atoms with van der Waals surface area (Å²) < 4.78 is 34.5. The van der Waals surface area contributed by atoms with Gasteiger partial charge in [0.2, 0.25) is 10.0 Å². The molecule has 192 valence electrons. The van der Waals surface area contributed by atoms with Crippen LogP contribution in [0.3, 0.4) is 0 Å². The number of benzene rings is 2. The van der Waals surface area contributed by atoms with Crippen LogP contribution < -0.4 is 4.90 Å². The number of piperazine rings is 1. The number of aromatic nitrogens is 1. The Morgan fingerprint density at radius 3 is 2.33 bits per heavy atom. The van der Waals surface area contributed by atoms with Gasteiger partial charge in [0.05, 0.1) is 27.3 Å². The molecule has 1 amide bonds. The molecule has 2 saturated heterocycles. The Bertz CT molecular complexity index is 1340. The number of nitrogens with zero attached hydrogens (tertiary/aromatic N) is 4. The van der Waals surface area contributed by atoms with Crippen molar-refractivity contribution in [3.05, 3.63) is 53.6 Å². The third-order valence-electron chi connectivity index (χ3n) is 6.81. The van der Waals surface area contributed by atoms with E-state index in [0.29, 0.717) is 44.8 Å². The molecule has 3 heterocycles.